The van der Waals surface area contributed by atoms with Gasteiger partial charge in [0.1, 0.15) is 0 Å². The van der Waals surface area contributed by atoms with Crippen molar-refractivity contribution in [2.75, 3.05) is 26.2 Å². The van der Waals surface area contributed by atoms with Crippen molar-refractivity contribution in [1.82, 2.24) is 0 Å². The molecular weight excluding hydrogens is 342 g/mol. The summed E-state index contributed by atoms with van der Waals surface area (Å²) < 4.78 is 10.4. The van der Waals surface area contributed by atoms with Gasteiger partial charge in [-0.2, -0.15) is 0 Å². The maximum Gasteiger partial charge on any atom is 0.227 e. The Morgan fingerprint density at radius 2 is 1.72 bits per heavy atom. The van der Waals surface area contributed by atoms with Gasteiger partial charge in [0.15, 0.2) is 17.3 Å². The first-order chi connectivity index (χ1) is 12.0. The number of carbonyl (C=O) groups excluding carboxylic acids is 2. The van der Waals surface area contributed by atoms with Crippen molar-refractivity contribution in [3.05, 3.63) is 53.1 Å². The molecule has 0 saturated heterocycles. The number of halogens is 1. The first kappa shape index (κ1) is 18.8. The van der Waals surface area contributed by atoms with Crippen molar-refractivity contribution in [2.45, 2.75) is 12.8 Å². The van der Waals surface area contributed by atoms with Gasteiger partial charge < -0.3 is 14.4 Å². The highest BCUT2D eigenvalue weighted by Crippen LogP contribution is 2.31. The smallest absolute Gasteiger partial charge is 0.227 e. The minimum atomic E-state index is -0.164. The van der Waals surface area contributed by atoms with E-state index in [-0.39, 0.29) is 24.5 Å². The monoisotopic (exact) mass is 361 g/mol. The fourth-order valence-corrected chi connectivity index (χ4v) is 2.56. The Balaban J connectivity index is 2.02. The molecule has 2 aromatic rings. The standard InChI is InChI=1S/C19H20ClNO4/c1-21(15-7-9-17(24-2)18(12-15)25-3)19(23)10-8-16(22)13-5-4-6-14(20)11-13/h4-7,9,11-12H,8,10H2,1-3H3. The highest BCUT2D eigenvalue weighted by molar-refractivity contribution is 6.31. The highest BCUT2D eigenvalue weighted by atomic mass is 35.5. The number of rotatable bonds is 7. The molecule has 5 nitrogen and oxygen atoms in total. The maximum absolute atomic E-state index is 12.4. The van der Waals surface area contributed by atoms with Gasteiger partial charge in [0.05, 0.1) is 14.2 Å². The van der Waals surface area contributed by atoms with Crippen molar-refractivity contribution >= 4 is 29.0 Å². The summed E-state index contributed by atoms with van der Waals surface area (Å²) in [6.07, 6.45) is 0.229. The number of nitrogens with zero attached hydrogens (tertiary/aromatic N) is 1. The third-order valence-corrected chi connectivity index (χ3v) is 4.08. The Morgan fingerprint density at radius 3 is 2.36 bits per heavy atom. The minimum absolute atomic E-state index is 0.107. The molecule has 132 valence electrons. The number of carbonyl (C=O) groups is 2. The molecule has 25 heavy (non-hydrogen) atoms. The summed E-state index contributed by atoms with van der Waals surface area (Å²) in [5.74, 6) is 0.844. The zero-order chi connectivity index (χ0) is 18.4. The van der Waals surface area contributed by atoms with Crippen LogP contribution < -0.4 is 14.4 Å². The third-order valence-electron chi connectivity index (χ3n) is 3.84. The summed E-state index contributed by atoms with van der Waals surface area (Å²) in [4.78, 5) is 26.0. The van der Waals surface area contributed by atoms with Gasteiger partial charge in [-0.15, -0.1) is 0 Å². The van der Waals surface area contributed by atoms with Gasteiger partial charge in [-0.25, -0.2) is 0 Å². The van der Waals surface area contributed by atoms with Gasteiger partial charge >= 0.3 is 0 Å². The van der Waals surface area contributed by atoms with Crippen LogP contribution in [0.2, 0.25) is 5.02 Å². The molecule has 1 amide bonds. The molecule has 6 heteroatoms. The minimum Gasteiger partial charge on any atom is -0.493 e. The van der Waals surface area contributed by atoms with E-state index in [2.05, 4.69) is 0 Å². The molecule has 0 fully saturated rings. The average molecular weight is 362 g/mol. The van der Waals surface area contributed by atoms with Crippen LogP contribution in [0, 0.1) is 0 Å². The Morgan fingerprint density at radius 1 is 1.00 bits per heavy atom. The lowest BCUT2D eigenvalue weighted by atomic mass is 10.1. The van der Waals surface area contributed by atoms with Crippen molar-refractivity contribution in [2.24, 2.45) is 0 Å². The molecule has 2 rings (SSSR count). The Labute approximate surface area is 152 Å². The van der Waals surface area contributed by atoms with Crippen LogP contribution in [0.5, 0.6) is 11.5 Å². The quantitative estimate of drug-likeness (QED) is 0.700. The number of methoxy groups -OCH3 is 2. The molecule has 0 N–H and O–H groups in total. The second kappa shape index (κ2) is 8.53. The molecule has 0 atom stereocenters. The molecule has 0 saturated carbocycles. The van der Waals surface area contributed by atoms with Crippen molar-refractivity contribution in [1.29, 1.82) is 0 Å². The zero-order valence-corrected chi connectivity index (χ0v) is 15.2. The molecule has 0 aliphatic rings. The number of ketones is 1. The molecule has 0 aliphatic heterocycles. The van der Waals surface area contributed by atoms with E-state index in [1.54, 1.807) is 56.6 Å². The van der Waals surface area contributed by atoms with Crippen molar-refractivity contribution in [3.8, 4) is 11.5 Å². The van der Waals surface area contributed by atoms with E-state index < -0.39 is 0 Å². The lowest BCUT2D eigenvalue weighted by molar-refractivity contribution is -0.118. The van der Waals surface area contributed by atoms with Crippen LogP contribution in [-0.4, -0.2) is 33.0 Å². The van der Waals surface area contributed by atoms with Crippen LogP contribution in [-0.2, 0) is 4.79 Å². The molecule has 0 spiro atoms. The van der Waals surface area contributed by atoms with E-state index >= 15 is 0 Å². The van der Waals surface area contributed by atoms with E-state index in [1.165, 1.54) is 12.0 Å². The number of hydrogen-bond acceptors (Lipinski definition) is 4. The van der Waals surface area contributed by atoms with Crippen LogP contribution in [0.4, 0.5) is 5.69 Å². The lowest BCUT2D eigenvalue weighted by Gasteiger charge is -2.19. The summed E-state index contributed by atoms with van der Waals surface area (Å²) >= 11 is 5.89. The lowest BCUT2D eigenvalue weighted by Crippen LogP contribution is -2.26. The molecule has 0 radical (unpaired) electrons. The van der Waals surface area contributed by atoms with Gasteiger partial charge in [0.2, 0.25) is 5.91 Å². The summed E-state index contributed by atoms with van der Waals surface area (Å²) in [7, 11) is 4.74. The molecular formula is C19H20ClNO4. The second-order valence-electron chi connectivity index (χ2n) is 5.43. The molecule has 0 unspecified atom stereocenters. The largest absolute Gasteiger partial charge is 0.493 e. The summed E-state index contributed by atoms with van der Waals surface area (Å²) in [5, 5.41) is 0.500. The Bertz CT molecular complexity index is 776. The fourth-order valence-electron chi connectivity index (χ4n) is 2.37. The first-order valence-electron chi connectivity index (χ1n) is 7.73. The zero-order valence-electron chi connectivity index (χ0n) is 14.4. The number of anilines is 1. The van der Waals surface area contributed by atoms with E-state index in [9.17, 15) is 9.59 Å². The second-order valence-corrected chi connectivity index (χ2v) is 5.86. The van der Waals surface area contributed by atoms with Crippen molar-refractivity contribution in [3.63, 3.8) is 0 Å². The highest BCUT2D eigenvalue weighted by Gasteiger charge is 2.16. The first-order valence-corrected chi connectivity index (χ1v) is 8.11. The van der Waals surface area contributed by atoms with Gasteiger partial charge in [-0.1, -0.05) is 23.7 Å². The predicted octanol–water partition coefficient (Wildman–Crippen LogP) is 3.98. The van der Waals surface area contributed by atoms with E-state index in [0.717, 1.165) is 0 Å². The number of ether oxygens (including phenoxy) is 2. The van der Waals surface area contributed by atoms with Crippen LogP contribution in [0.1, 0.15) is 23.2 Å². The van der Waals surface area contributed by atoms with E-state index in [0.29, 0.717) is 27.8 Å². The molecule has 2 aromatic carbocycles. The number of amides is 1. The molecule has 0 bridgehead atoms. The van der Waals surface area contributed by atoms with Crippen LogP contribution in [0.3, 0.4) is 0 Å². The van der Waals surface area contributed by atoms with Gasteiger partial charge in [-0.05, 0) is 24.3 Å². The topological polar surface area (TPSA) is 55.8 Å². The van der Waals surface area contributed by atoms with Crippen LogP contribution in [0.25, 0.3) is 0 Å². The molecule has 0 aromatic heterocycles. The number of hydrogen-bond donors (Lipinski definition) is 0. The number of Topliss-reactive ketones (excluding diaryl/α,β-unsaturated/α-hetero) is 1. The normalized spacial score (nSPS) is 10.2. The van der Waals surface area contributed by atoms with Gasteiger partial charge in [-0.3, -0.25) is 9.59 Å². The summed E-state index contributed by atoms with van der Waals surface area (Å²) in [5.41, 5.74) is 1.17. The Kier molecular flexibility index (Phi) is 6.42. The third kappa shape index (κ3) is 4.73. The van der Waals surface area contributed by atoms with Crippen molar-refractivity contribution < 1.29 is 19.1 Å². The molecule has 0 heterocycles. The summed E-state index contributed by atoms with van der Waals surface area (Å²) in [6, 6.07) is 11.9. The average Bonchev–Trinajstić information content (AvgIpc) is 2.64. The van der Waals surface area contributed by atoms with Gasteiger partial charge in [0.25, 0.3) is 0 Å². The Hall–Kier alpha value is -2.53. The number of benzene rings is 2. The van der Waals surface area contributed by atoms with Crippen LogP contribution >= 0.6 is 11.6 Å². The maximum atomic E-state index is 12.4. The van der Waals surface area contributed by atoms with Crippen LogP contribution in [0.15, 0.2) is 42.5 Å². The SMILES string of the molecule is COc1ccc(N(C)C(=O)CCC(=O)c2cccc(Cl)c2)cc1OC. The summed E-state index contributed by atoms with van der Waals surface area (Å²) in [6.45, 7) is 0. The van der Waals surface area contributed by atoms with E-state index in [1.807, 2.05) is 0 Å². The fraction of sp³-hybridized carbons (Fsp3) is 0.263. The predicted molar refractivity (Wildman–Crippen MR) is 98.0 cm³/mol. The van der Waals surface area contributed by atoms with Gasteiger partial charge in [0, 0.05) is 42.2 Å². The molecule has 0 aliphatic carbocycles. The van der Waals surface area contributed by atoms with E-state index in [4.69, 9.17) is 21.1 Å².